The lowest BCUT2D eigenvalue weighted by atomic mass is 9.81. The summed E-state index contributed by atoms with van der Waals surface area (Å²) in [6, 6.07) is 4.44. The van der Waals surface area contributed by atoms with Crippen molar-refractivity contribution < 1.29 is 8.42 Å². The Morgan fingerprint density at radius 1 is 1.20 bits per heavy atom. The molecule has 112 valence electrons. The predicted molar refractivity (Wildman–Crippen MR) is 82.2 cm³/mol. The standard InChI is InChI=1S/C14H21ClN2O2S/c1-9-5-10(2)7-12(6-9)17-20(18,19)14-4-3-11(15)8-13(14)16/h3-4,8-10,12,17H,5-7,16H2,1-2H3. The van der Waals surface area contributed by atoms with Crippen LogP contribution < -0.4 is 10.5 Å². The molecule has 0 heterocycles. The van der Waals surface area contributed by atoms with Crippen molar-refractivity contribution in [3.63, 3.8) is 0 Å². The first-order chi connectivity index (χ1) is 9.28. The Morgan fingerprint density at radius 3 is 2.35 bits per heavy atom. The van der Waals surface area contributed by atoms with Gasteiger partial charge in [0.1, 0.15) is 4.90 Å². The molecule has 4 nitrogen and oxygen atoms in total. The number of nitrogen functional groups attached to an aromatic ring is 1. The first-order valence-electron chi connectivity index (χ1n) is 6.85. The van der Waals surface area contributed by atoms with Crippen LogP contribution in [0.25, 0.3) is 0 Å². The van der Waals surface area contributed by atoms with Gasteiger partial charge in [0.2, 0.25) is 10.0 Å². The van der Waals surface area contributed by atoms with E-state index in [1.165, 1.54) is 12.1 Å². The highest BCUT2D eigenvalue weighted by Gasteiger charge is 2.28. The molecule has 3 N–H and O–H groups in total. The molecule has 2 unspecified atom stereocenters. The smallest absolute Gasteiger partial charge is 0.242 e. The van der Waals surface area contributed by atoms with Crippen molar-refractivity contribution in [1.82, 2.24) is 4.72 Å². The molecule has 2 rings (SSSR count). The summed E-state index contributed by atoms with van der Waals surface area (Å²) in [5.74, 6) is 1.07. The molecule has 1 aliphatic carbocycles. The van der Waals surface area contributed by atoms with E-state index in [9.17, 15) is 8.42 Å². The molecule has 2 atom stereocenters. The lowest BCUT2D eigenvalue weighted by molar-refractivity contribution is 0.258. The van der Waals surface area contributed by atoms with Crippen molar-refractivity contribution >= 4 is 27.3 Å². The van der Waals surface area contributed by atoms with Crippen LogP contribution in [0, 0.1) is 11.8 Å². The third-order valence-electron chi connectivity index (χ3n) is 3.76. The molecule has 0 amide bonds. The minimum atomic E-state index is -3.59. The first-order valence-corrected chi connectivity index (χ1v) is 8.71. The lowest BCUT2D eigenvalue weighted by Crippen LogP contribution is -2.40. The number of halogens is 1. The van der Waals surface area contributed by atoms with E-state index in [1.54, 1.807) is 6.07 Å². The highest BCUT2D eigenvalue weighted by atomic mass is 35.5. The van der Waals surface area contributed by atoms with Crippen molar-refractivity contribution in [2.24, 2.45) is 11.8 Å². The van der Waals surface area contributed by atoms with Crippen molar-refractivity contribution in [3.8, 4) is 0 Å². The van der Waals surface area contributed by atoms with Crippen LogP contribution >= 0.6 is 11.6 Å². The zero-order valence-corrected chi connectivity index (χ0v) is 13.3. The number of hydrogen-bond acceptors (Lipinski definition) is 3. The zero-order chi connectivity index (χ0) is 14.9. The Bertz CT molecular complexity index is 579. The van der Waals surface area contributed by atoms with E-state index >= 15 is 0 Å². The van der Waals surface area contributed by atoms with E-state index in [2.05, 4.69) is 18.6 Å². The van der Waals surface area contributed by atoms with E-state index < -0.39 is 10.0 Å². The number of anilines is 1. The van der Waals surface area contributed by atoms with Gasteiger partial charge in [-0.3, -0.25) is 0 Å². The van der Waals surface area contributed by atoms with Gasteiger partial charge in [0.15, 0.2) is 0 Å². The molecular formula is C14H21ClN2O2S. The van der Waals surface area contributed by atoms with Crippen LogP contribution in [-0.4, -0.2) is 14.5 Å². The van der Waals surface area contributed by atoms with Crippen molar-refractivity contribution in [2.75, 3.05) is 5.73 Å². The Kier molecular flexibility index (Phi) is 4.62. The number of nitrogens with one attached hydrogen (secondary N) is 1. The average molecular weight is 317 g/mol. The fraction of sp³-hybridized carbons (Fsp3) is 0.571. The maximum Gasteiger partial charge on any atom is 0.242 e. The van der Waals surface area contributed by atoms with Crippen LogP contribution in [0.2, 0.25) is 5.02 Å². The Labute approximate surface area is 125 Å². The molecule has 1 aromatic rings. The second kappa shape index (κ2) is 5.92. The molecule has 0 spiro atoms. The maximum atomic E-state index is 12.4. The second-order valence-corrected chi connectivity index (χ2v) is 8.04. The average Bonchev–Trinajstić information content (AvgIpc) is 2.25. The summed E-state index contributed by atoms with van der Waals surface area (Å²) in [7, 11) is -3.59. The summed E-state index contributed by atoms with van der Waals surface area (Å²) in [6.07, 6.45) is 2.90. The Morgan fingerprint density at radius 2 is 1.80 bits per heavy atom. The van der Waals surface area contributed by atoms with Crippen molar-refractivity contribution in [1.29, 1.82) is 0 Å². The predicted octanol–water partition coefficient (Wildman–Crippen LogP) is 3.03. The first kappa shape index (κ1) is 15.6. The molecule has 20 heavy (non-hydrogen) atoms. The van der Waals surface area contributed by atoms with Gasteiger partial charge in [0, 0.05) is 11.1 Å². The van der Waals surface area contributed by atoms with Crippen LogP contribution in [0.15, 0.2) is 23.1 Å². The molecule has 0 bridgehead atoms. The van der Waals surface area contributed by atoms with Crippen molar-refractivity contribution in [3.05, 3.63) is 23.2 Å². The van der Waals surface area contributed by atoms with E-state index in [1.807, 2.05) is 0 Å². The number of sulfonamides is 1. The van der Waals surface area contributed by atoms with E-state index in [4.69, 9.17) is 17.3 Å². The SMILES string of the molecule is CC1CC(C)CC(NS(=O)(=O)c2ccc(Cl)cc2N)C1. The van der Waals surface area contributed by atoms with E-state index in [-0.39, 0.29) is 16.6 Å². The van der Waals surface area contributed by atoms with E-state index in [0.717, 1.165) is 19.3 Å². The fourth-order valence-electron chi connectivity index (χ4n) is 3.09. The summed E-state index contributed by atoms with van der Waals surface area (Å²) in [6.45, 7) is 4.32. The van der Waals surface area contributed by atoms with Gasteiger partial charge in [-0.15, -0.1) is 0 Å². The zero-order valence-electron chi connectivity index (χ0n) is 11.8. The van der Waals surface area contributed by atoms with Crippen LogP contribution in [0.1, 0.15) is 33.1 Å². The number of benzene rings is 1. The lowest BCUT2D eigenvalue weighted by Gasteiger charge is -2.31. The summed E-state index contributed by atoms with van der Waals surface area (Å²) in [4.78, 5) is 0.104. The molecule has 1 saturated carbocycles. The molecule has 1 aliphatic rings. The Balaban J connectivity index is 2.18. The fourth-order valence-corrected chi connectivity index (χ4v) is 4.65. The van der Waals surface area contributed by atoms with Gasteiger partial charge < -0.3 is 5.73 Å². The molecule has 0 aliphatic heterocycles. The van der Waals surface area contributed by atoms with Gasteiger partial charge in [0.25, 0.3) is 0 Å². The summed E-state index contributed by atoms with van der Waals surface area (Å²) in [5, 5.41) is 0.432. The summed E-state index contributed by atoms with van der Waals surface area (Å²) in [5.41, 5.74) is 5.95. The number of nitrogens with two attached hydrogens (primary N) is 1. The van der Waals surface area contributed by atoms with Crippen LogP contribution in [0.4, 0.5) is 5.69 Å². The molecule has 0 saturated heterocycles. The van der Waals surface area contributed by atoms with Crippen molar-refractivity contribution in [2.45, 2.75) is 44.0 Å². The van der Waals surface area contributed by atoms with Gasteiger partial charge in [-0.2, -0.15) is 0 Å². The minimum Gasteiger partial charge on any atom is -0.398 e. The van der Waals surface area contributed by atoms with Crippen LogP contribution in [0.5, 0.6) is 0 Å². The highest BCUT2D eigenvalue weighted by Crippen LogP contribution is 2.30. The minimum absolute atomic E-state index is 0.0196. The third kappa shape index (κ3) is 3.65. The van der Waals surface area contributed by atoms with Gasteiger partial charge >= 0.3 is 0 Å². The summed E-state index contributed by atoms with van der Waals surface area (Å²) >= 11 is 5.80. The van der Waals surface area contributed by atoms with Crippen LogP contribution in [-0.2, 0) is 10.0 Å². The molecule has 0 radical (unpaired) electrons. The van der Waals surface area contributed by atoms with Crippen LogP contribution in [0.3, 0.4) is 0 Å². The van der Waals surface area contributed by atoms with Gasteiger partial charge in [0.05, 0.1) is 5.69 Å². The van der Waals surface area contributed by atoms with Gasteiger partial charge in [-0.05, 0) is 49.3 Å². The quantitative estimate of drug-likeness (QED) is 0.842. The van der Waals surface area contributed by atoms with E-state index in [0.29, 0.717) is 16.9 Å². The molecule has 6 heteroatoms. The summed E-state index contributed by atoms with van der Waals surface area (Å²) < 4.78 is 27.6. The molecule has 1 aromatic carbocycles. The normalized spacial score (nSPS) is 27.4. The maximum absolute atomic E-state index is 12.4. The topological polar surface area (TPSA) is 72.2 Å². The second-order valence-electron chi connectivity index (χ2n) is 5.92. The molecule has 1 fully saturated rings. The highest BCUT2D eigenvalue weighted by molar-refractivity contribution is 7.89. The number of hydrogen-bond donors (Lipinski definition) is 2. The molecule has 0 aromatic heterocycles. The Hall–Kier alpha value is -0.780. The third-order valence-corrected chi connectivity index (χ3v) is 5.59. The monoisotopic (exact) mass is 316 g/mol. The number of rotatable bonds is 3. The van der Waals surface area contributed by atoms with Gasteiger partial charge in [-0.1, -0.05) is 25.4 Å². The molecular weight excluding hydrogens is 296 g/mol. The van der Waals surface area contributed by atoms with Gasteiger partial charge in [-0.25, -0.2) is 13.1 Å². The largest absolute Gasteiger partial charge is 0.398 e.